The van der Waals surface area contributed by atoms with Gasteiger partial charge in [-0.1, -0.05) is 90.1 Å². The van der Waals surface area contributed by atoms with Gasteiger partial charge in [-0.2, -0.15) is 0 Å². The molecule has 0 atom stereocenters. The Balaban J connectivity index is 1.88. The third-order valence-electron chi connectivity index (χ3n) is 7.67. The number of rotatable bonds is 0. The zero-order valence-corrected chi connectivity index (χ0v) is 22.1. The zero-order chi connectivity index (χ0) is 26.3. The summed E-state index contributed by atoms with van der Waals surface area (Å²) in [6.45, 7) is 12.5. The molecule has 188 valence electrons. The predicted octanol–water partition coefficient (Wildman–Crippen LogP) is 8.29. The lowest BCUT2D eigenvalue weighted by Gasteiger charge is -2.46. The van der Waals surface area contributed by atoms with Gasteiger partial charge in [0.1, 0.15) is 34.5 Å². The van der Waals surface area contributed by atoms with E-state index in [1.165, 1.54) is 0 Å². The molecule has 0 saturated carbocycles. The van der Waals surface area contributed by atoms with E-state index in [0.717, 1.165) is 22.3 Å². The van der Waals surface area contributed by atoms with Crippen LogP contribution < -0.4 is 9.47 Å². The van der Waals surface area contributed by atoms with Crippen molar-refractivity contribution in [3.63, 3.8) is 0 Å². The quantitative estimate of drug-likeness (QED) is 0.224. The summed E-state index contributed by atoms with van der Waals surface area (Å²) >= 11 is 0. The third-order valence-corrected chi connectivity index (χ3v) is 7.67. The van der Waals surface area contributed by atoms with Crippen LogP contribution in [-0.2, 0) is 16.2 Å². The summed E-state index contributed by atoms with van der Waals surface area (Å²) in [5.41, 5.74) is 2.86. The first-order valence-corrected chi connectivity index (χ1v) is 12.7. The van der Waals surface area contributed by atoms with Gasteiger partial charge in [0.05, 0.1) is 16.5 Å². The van der Waals surface area contributed by atoms with E-state index < -0.39 is 5.41 Å². The van der Waals surface area contributed by atoms with Crippen molar-refractivity contribution in [1.29, 1.82) is 0 Å². The Kier molecular flexibility index (Phi) is 4.79. The van der Waals surface area contributed by atoms with Crippen molar-refractivity contribution in [2.75, 3.05) is 0 Å². The van der Waals surface area contributed by atoms with Gasteiger partial charge in [0.2, 0.25) is 0 Å². The van der Waals surface area contributed by atoms with Crippen LogP contribution >= 0.6 is 0 Å². The van der Waals surface area contributed by atoms with Crippen LogP contribution in [-0.4, -0.2) is 10.2 Å². The van der Waals surface area contributed by atoms with E-state index in [2.05, 4.69) is 41.5 Å². The van der Waals surface area contributed by atoms with Crippen molar-refractivity contribution >= 4 is 0 Å². The molecule has 2 aliphatic rings. The van der Waals surface area contributed by atoms with Crippen LogP contribution in [0.5, 0.6) is 34.5 Å². The number of phenols is 2. The molecular formula is C33H32O4. The molecule has 0 unspecified atom stereocenters. The molecule has 2 N–H and O–H groups in total. The Morgan fingerprint density at radius 3 is 1.27 bits per heavy atom. The number of aromatic hydroxyl groups is 2. The van der Waals surface area contributed by atoms with Gasteiger partial charge in [0, 0.05) is 11.1 Å². The maximum absolute atomic E-state index is 12.1. The molecular weight excluding hydrogens is 460 g/mol. The van der Waals surface area contributed by atoms with Crippen LogP contribution in [0, 0.1) is 0 Å². The molecule has 4 heteroatoms. The van der Waals surface area contributed by atoms with E-state index in [0.29, 0.717) is 34.1 Å². The van der Waals surface area contributed by atoms with Crippen molar-refractivity contribution < 1.29 is 19.7 Å². The number of hydrogen-bond acceptors (Lipinski definition) is 4. The van der Waals surface area contributed by atoms with Gasteiger partial charge in [-0.05, 0) is 46.2 Å². The predicted molar refractivity (Wildman–Crippen MR) is 146 cm³/mol. The second kappa shape index (κ2) is 7.55. The molecule has 0 amide bonds. The number of phenolic OH excluding ortho intramolecular Hbond substituents is 2. The lowest BCUT2D eigenvalue weighted by atomic mass is 9.60. The van der Waals surface area contributed by atoms with Crippen molar-refractivity contribution in [3.8, 4) is 34.5 Å². The summed E-state index contributed by atoms with van der Waals surface area (Å²) in [4.78, 5) is 0. The summed E-state index contributed by atoms with van der Waals surface area (Å²) in [5, 5.41) is 24.2. The molecule has 4 nitrogen and oxygen atoms in total. The Morgan fingerprint density at radius 2 is 0.892 bits per heavy atom. The zero-order valence-electron chi connectivity index (χ0n) is 22.1. The number of para-hydroxylation sites is 2. The average molecular weight is 493 g/mol. The molecule has 1 spiro atoms. The Hall–Kier alpha value is -3.92. The van der Waals surface area contributed by atoms with Gasteiger partial charge in [0.15, 0.2) is 0 Å². The molecule has 37 heavy (non-hydrogen) atoms. The van der Waals surface area contributed by atoms with Gasteiger partial charge < -0.3 is 19.7 Å². The minimum absolute atomic E-state index is 0.169. The molecule has 0 fully saturated rings. The second-order valence-corrected chi connectivity index (χ2v) is 12.1. The van der Waals surface area contributed by atoms with Crippen LogP contribution in [0.25, 0.3) is 0 Å². The lowest BCUT2D eigenvalue weighted by molar-refractivity contribution is 0.361. The van der Waals surface area contributed by atoms with Crippen molar-refractivity contribution in [3.05, 3.63) is 106 Å². The summed E-state index contributed by atoms with van der Waals surface area (Å²) in [7, 11) is 0. The van der Waals surface area contributed by atoms with Crippen LogP contribution in [0.15, 0.2) is 72.8 Å². The second-order valence-electron chi connectivity index (χ2n) is 12.1. The normalized spacial score (nSPS) is 15.1. The lowest BCUT2D eigenvalue weighted by Crippen LogP contribution is -2.38. The number of hydrogen-bond donors (Lipinski definition) is 2. The highest BCUT2D eigenvalue weighted by Gasteiger charge is 2.54. The largest absolute Gasteiger partial charge is 0.507 e. The highest BCUT2D eigenvalue weighted by atomic mass is 16.5. The fourth-order valence-corrected chi connectivity index (χ4v) is 6.03. The molecule has 0 saturated heterocycles. The summed E-state index contributed by atoms with van der Waals surface area (Å²) in [5.74, 6) is 2.83. The molecule has 2 heterocycles. The molecule has 4 aromatic rings. The van der Waals surface area contributed by atoms with E-state index in [4.69, 9.17) is 9.47 Å². The Bertz CT molecular complexity index is 1450. The van der Waals surface area contributed by atoms with Gasteiger partial charge in [-0.3, -0.25) is 0 Å². The highest BCUT2D eigenvalue weighted by molar-refractivity contribution is 5.80. The maximum atomic E-state index is 12.1. The van der Waals surface area contributed by atoms with E-state index in [9.17, 15) is 10.2 Å². The van der Waals surface area contributed by atoms with Crippen LogP contribution in [0.4, 0.5) is 0 Å². The molecule has 0 aliphatic carbocycles. The minimum atomic E-state index is -1.06. The van der Waals surface area contributed by atoms with E-state index in [1.54, 1.807) is 0 Å². The molecule has 0 bridgehead atoms. The van der Waals surface area contributed by atoms with Crippen LogP contribution in [0.3, 0.4) is 0 Å². The topological polar surface area (TPSA) is 58.9 Å². The number of ether oxygens (including phenoxy) is 2. The SMILES string of the molecule is CC(C)(C)c1ccc2c(c1O)C1(c3ccccc3O2)c2ccccc2Oc2ccc(C(C)(C)C)c(O)c21. The van der Waals surface area contributed by atoms with Crippen LogP contribution in [0.1, 0.15) is 74.9 Å². The minimum Gasteiger partial charge on any atom is -0.507 e. The van der Waals surface area contributed by atoms with Crippen molar-refractivity contribution in [2.24, 2.45) is 0 Å². The molecule has 4 aromatic carbocycles. The smallest absolute Gasteiger partial charge is 0.135 e. The first-order chi connectivity index (χ1) is 17.5. The molecule has 6 rings (SSSR count). The van der Waals surface area contributed by atoms with Gasteiger partial charge in [-0.15, -0.1) is 0 Å². The number of benzene rings is 4. The van der Waals surface area contributed by atoms with E-state index >= 15 is 0 Å². The average Bonchev–Trinajstić information content (AvgIpc) is 2.82. The number of fused-ring (bicyclic) bond motifs is 8. The fraction of sp³-hybridized carbons (Fsp3) is 0.273. The summed E-state index contributed by atoms with van der Waals surface area (Å²) in [6.07, 6.45) is 0. The first-order valence-electron chi connectivity index (χ1n) is 12.7. The summed E-state index contributed by atoms with van der Waals surface area (Å²) in [6, 6.07) is 23.5. The third kappa shape index (κ3) is 3.14. The van der Waals surface area contributed by atoms with Crippen molar-refractivity contribution in [1.82, 2.24) is 0 Å². The standard InChI is InChI=1S/C33H32O4/c1-31(2,3)21-15-17-25-27(29(21)34)33(19-11-7-9-13-23(19)36-25)20-12-8-10-14-24(20)37-26-18-16-22(32(4,5)6)30(35)28(26)33/h7-18,34-35H,1-6H3. The van der Waals surface area contributed by atoms with E-state index in [1.807, 2.05) is 72.8 Å². The van der Waals surface area contributed by atoms with Crippen molar-refractivity contribution in [2.45, 2.75) is 57.8 Å². The van der Waals surface area contributed by atoms with Gasteiger partial charge in [0.25, 0.3) is 0 Å². The first kappa shape index (κ1) is 23.5. The molecule has 2 aliphatic heterocycles. The van der Waals surface area contributed by atoms with Gasteiger partial charge >= 0.3 is 0 Å². The fourth-order valence-electron chi connectivity index (χ4n) is 6.03. The van der Waals surface area contributed by atoms with Crippen LogP contribution in [0.2, 0.25) is 0 Å². The highest BCUT2D eigenvalue weighted by Crippen LogP contribution is 2.66. The Labute approximate surface area is 218 Å². The maximum Gasteiger partial charge on any atom is 0.135 e. The van der Waals surface area contributed by atoms with E-state index in [-0.39, 0.29) is 22.3 Å². The summed E-state index contributed by atoms with van der Waals surface area (Å²) < 4.78 is 12.9. The van der Waals surface area contributed by atoms with Gasteiger partial charge in [-0.25, -0.2) is 0 Å². The monoisotopic (exact) mass is 492 g/mol. The molecule has 0 radical (unpaired) electrons. The Morgan fingerprint density at radius 1 is 0.514 bits per heavy atom. The molecule has 0 aromatic heterocycles.